The lowest BCUT2D eigenvalue weighted by molar-refractivity contribution is -0.133. The van der Waals surface area contributed by atoms with Crippen LogP contribution in [0.3, 0.4) is 0 Å². The zero-order valence-electron chi connectivity index (χ0n) is 17.8. The Morgan fingerprint density at radius 2 is 1.81 bits per heavy atom. The van der Waals surface area contributed by atoms with E-state index in [1.807, 2.05) is 30.3 Å². The summed E-state index contributed by atoms with van der Waals surface area (Å²) in [5.41, 5.74) is 2.56. The summed E-state index contributed by atoms with van der Waals surface area (Å²) in [6, 6.07) is 22.8. The molecule has 0 heterocycles. The Kier molecular flexibility index (Phi) is 8.54. The van der Waals surface area contributed by atoms with Crippen molar-refractivity contribution in [3.05, 3.63) is 101 Å². The lowest BCUT2D eigenvalue weighted by atomic mass is 10.0. The molecule has 1 atom stereocenters. The van der Waals surface area contributed by atoms with Crippen molar-refractivity contribution in [1.29, 1.82) is 0 Å². The van der Waals surface area contributed by atoms with Gasteiger partial charge in [-0.25, -0.2) is 9.18 Å². The van der Waals surface area contributed by atoms with Crippen LogP contribution in [0.25, 0.3) is 11.6 Å². The molecule has 166 valence electrons. The molecular weight excluding hydrogens is 409 g/mol. The molecule has 6 heteroatoms. The highest BCUT2D eigenvalue weighted by Gasteiger charge is 2.13. The monoisotopic (exact) mass is 435 g/mol. The molecule has 0 saturated carbocycles. The van der Waals surface area contributed by atoms with Gasteiger partial charge in [0.15, 0.2) is 0 Å². The van der Waals surface area contributed by atoms with E-state index in [2.05, 4.69) is 5.32 Å². The molecule has 0 fully saturated rings. The van der Waals surface area contributed by atoms with Gasteiger partial charge in [0.05, 0.1) is 12.7 Å². The molecule has 0 saturated heterocycles. The Morgan fingerprint density at radius 3 is 2.50 bits per heavy atom. The van der Waals surface area contributed by atoms with Crippen molar-refractivity contribution in [2.24, 2.45) is 0 Å². The molecular formula is C26H26FNO4. The summed E-state index contributed by atoms with van der Waals surface area (Å²) in [5, 5.41) is 13.3. The third kappa shape index (κ3) is 7.04. The number of aliphatic hydroxyl groups is 1. The SMILES string of the molecule is COC(=O)/C(=C/c1ccc(OCC(O)CNCc2ccccc2)cc1)c1cccc(F)c1. The molecule has 0 aliphatic heterocycles. The van der Waals surface area contributed by atoms with Gasteiger partial charge in [0.2, 0.25) is 0 Å². The summed E-state index contributed by atoms with van der Waals surface area (Å²) < 4.78 is 24.1. The van der Waals surface area contributed by atoms with Crippen molar-refractivity contribution < 1.29 is 23.8 Å². The summed E-state index contributed by atoms with van der Waals surface area (Å²) >= 11 is 0. The van der Waals surface area contributed by atoms with E-state index >= 15 is 0 Å². The maximum Gasteiger partial charge on any atom is 0.338 e. The minimum atomic E-state index is -0.655. The minimum absolute atomic E-state index is 0.147. The second-order valence-corrected chi connectivity index (χ2v) is 7.21. The molecule has 1 unspecified atom stereocenters. The number of hydrogen-bond donors (Lipinski definition) is 2. The Labute approximate surface area is 187 Å². The molecule has 0 aliphatic rings. The van der Waals surface area contributed by atoms with Crippen LogP contribution < -0.4 is 10.1 Å². The van der Waals surface area contributed by atoms with Crippen LogP contribution in [-0.4, -0.2) is 37.4 Å². The van der Waals surface area contributed by atoms with Gasteiger partial charge in [0.1, 0.15) is 24.3 Å². The second-order valence-electron chi connectivity index (χ2n) is 7.21. The molecule has 0 bridgehead atoms. The highest BCUT2D eigenvalue weighted by molar-refractivity contribution is 6.21. The van der Waals surface area contributed by atoms with Crippen LogP contribution >= 0.6 is 0 Å². The first-order valence-electron chi connectivity index (χ1n) is 10.3. The molecule has 0 aromatic heterocycles. The van der Waals surface area contributed by atoms with Crippen LogP contribution in [0.4, 0.5) is 4.39 Å². The number of hydrogen-bond acceptors (Lipinski definition) is 5. The topological polar surface area (TPSA) is 67.8 Å². The maximum atomic E-state index is 13.6. The van der Waals surface area contributed by atoms with E-state index < -0.39 is 17.9 Å². The fraction of sp³-hybridized carbons (Fsp3) is 0.192. The van der Waals surface area contributed by atoms with Crippen molar-refractivity contribution in [2.45, 2.75) is 12.6 Å². The molecule has 32 heavy (non-hydrogen) atoms. The molecule has 2 N–H and O–H groups in total. The van der Waals surface area contributed by atoms with Gasteiger partial charge < -0.3 is 19.9 Å². The van der Waals surface area contributed by atoms with Crippen molar-refractivity contribution in [1.82, 2.24) is 5.32 Å². The summed E-state index contributed by atoms with van der Waals surface area (Å²) in [5.74, 6) is -0.394. The standard InChI is InChI=1S/C26H26FNO4/c1-31-26(30)25(21-8-5-9-22(27)15-21)14-19-10-12-24(13-11-19)32-18-23(29)17-28-16-20-6-3-2-4-7-20/h2-15,23,28-29H,16-18H2,1H3/b25-14+. The number of halogens is 1. The number of ether oxygens (including phenoxy) is 2. The van der Waals surface area contributed by atoms with E-state index in [4.69, 9.17) is 9.47 Å². The number of esters is 1. The predicted octanol–water partition coefficient (Wildman–Crippen LogP) is 4.07. The Balaban J connectivity index is 1.55. The van der Waals surface area contributed by atoms with E-state index in [1.54, 1.807) is 42.5 Å². The molecule has 5 nitrogen and oxygen atoms in total. The fourth-order valence-corrected chi connectivity index (χ4v) is 3.08. The Bertz CT molecular complexity index is 1040. The summed E-state index contributed by atoms with van der Waals surface area (Å²) in [4.78, 5) is 12.2. The first kappa shape index (κ1) is 23.2. The van der Waals surface area contributed by atoms with Crippen LogP contribution in [0.1, 0.15) is 16.7 Å². The Morgan fingerprint density at radius 1 is 1.06 bits per heavy atom. The van der Waals surface area contributed by atoms with Gasteiger partial charge in [-0.2, -0.15) is 0 Å². The number of carbonyl (C=O) groups excluding carboxylic acids is 1. The van der Waals surface area contributed by atoms with Crippen molar-refractivity contribution in [3.8, 4) is 5.75 Å². The Hall–Kier alpha value is -3.48. The van der Waals surface area contributed by atoms with Crippen molar-refractivity contribution in [2.75, 3.05) is 20.3 Å². The molecule has 0 spiro atoms. The van der Waals surface area contributed by atoms with Gasteiger partial charge in [-0.15, -0.1) is 0 Å². The van der Waals surface area contributed by atoms with E-state index in [9.17, 15) is 14.3 Å². The van der Waals surface area contributed by atoms with Crippen LogP contribution in [0.5, 0.6) is 5.75 Å². The van der Waals surface area contributed by atoms with Crippen LogP contribution in [-0.2, 0) is 16.1 Å². The molecule has 3 aromatic rings. The van der Waals surface area contributed by atoms with Gasteiger partial charge in [-0.05, 0) is 47.0 Å². The lowest BCUT2D eigenvalue weighted by Crippen LogP contribution is -2.31. The second kappa shape index (κ2) is 11.8. The first-order chi connectivity index (χ1) is 15.5. The number of benzene rings is 3. The first-order valence-corrected chi connectivity index (χ1v) is 10.3. The third-order valence-electron chi connectivity index (χ3n) is 4.73. The number of nitrogens with one attached hydrogen (secondary N) is 1. The molecule has 3 rings (SSSR count). The molecule has 3 aromatic carbocycles. The lowest BCUT2D eigenvalue weighted by Gasteiger charge is -2.13. The average molecular weight is 435 g/mol. The number of methoxy groups -OCH3 is 1. The smallest absolute Gasteiger partial charge is 0.338 e. The van der Waals surface area contributed by atoms with E-state index in [-0.39, 0.29) is 12.2 Å². The van der Waals surface area contributed by atoms with Gasteiger partial charge in [-0.1, -0.05) is 54.6 Å². The van der Waals surface area contributed by atoms with Crippen LogP contribution in [0, 0.1) is 5.82 Å². The number of rotatable bonds is 10. The maximum absolute atomic E-state index is 13.6. The minimum Gasteiger partial charge on any atom is -0.491 e. The summed E-state index contributed by atoms with van der Waals surface area (Å²) in [6.07, 6.45) is 0.976. The molecule has 0 radical (unpaired) electrons. The van der Waals surface area contributed by atoms with E-state index in [1.165, 1.54) is 19.2 Å². The predicted molar refractivity (Wildman–Crippen MR) is 122 cm³/mol. The zero-order chi connectivity index (χ0) is 22.8. The number of carbonyl (C=O) groups is 1. The highest BCUT2D eigenvalue weighted by atomic mass is 19.1. The van der Waals surface area contributed by atoms with Crippen LogP contribution in [0.2, 0.25) is 0 Å². The van der Waals surface area contributed by atoms with E-state index in [0.717, 1.165) is 11.1 Å². The van der Waals surface area contributed by atoms with Gasteiger partial charge >= 0.3 is 5.97 Å². The highest BCUT2D eigenvalue weighted by Crippen LogP contribution is 2.22. The fourth-order valence-electron chi connectivity index (χ4n) is 3.08. The van der Waals surface area contributed by atoms with Gasteiger partial charge in [0, 0.05) is 13.1 Å². The van der Waals surface area contributed by atoms with Gasteiger partial charge in [0.25, 0.3) is 0 Å². The quantitative estimate of drug-likeness (QED) is 0.286. The summed E-state index contributed by atoms with van der Waals surface area (Å²) in [7, 11) is 1.28. The van der Waals surface area contributed by atoms with E-state index in [0.29, 0.717) is 24.4 Å². The normalized spacial score (nSPS) is 12.3. The summed E-state index contributed by atoms with van der Waals surface area (Å²) in [6.45, 7) is 1.23. The molecule has 0 aliphatic carbocycles. The molecule has 0 amide bonds. The largest absolute Gasteiger partial charge is 0.491 e. The van der Waals surface area contributed by atoms with Gasteiger partial charge in [-0.3, -0.25) is 0 Å². The van der Waals surface area contributed by atoms with Crippen molar-refractivity contribution in [3.63, 3.8) is 0 Å². The number of aliphatic hydroxyl groups excluding tert-OH is 1. The van der Waals surface area contributed by atoms with Crippen molar-refractivity contribution >= 4 is 17.6 Å². The van der Waals surface area contributed by atoms with Crippen LogP contribution in [0.15, 0.2) is 78.9 Å². The average Bonchev–Trinajstić information content (AvgIpc) is 2.82. The third-order valence-corrected chi connectivity index (χ3v) is 4.73. The zero-order valence-corrected chi connectivity index (χ0v) is 17.8.